The molecule has 0 saturated carbocycles. The van der Waals surface area contributed by atoms with Crippen LogP contribution < -0.4 is 9.64 Å². The first-order chi connectivity index (χ1) is 15.4. The van der Waals surface area contributed by atoms with Gasteiger partial charge in [-0.15, -0.1) is 0 Å². The molecule has 0 saturated heterocycles. The van der Waals surface area contributed by atoms with Crippen LogP contribution in [0.3, 0.4) is 0 Å². The molecule has 0 aliphatic carbocycles. The van der Waals surface area contributed by atoms with Crippen molar-refractivity contribution in [3.63, 3.8) is 0 Å². The van der Waals surface area contributed by atoms with Crippen LogP contribution in [-0.2, 0) is 6.54 Å². The van der Waals surface area contributed by atoms with E-state index in [0.717, 1.165) is 5.56 Å². The largest absolute Gasteiger partial charge is 0.424 e. The third-order valence-electron chi connectivity index (χ3n) is 5.19. The van der Waals surface area contributed by atoms with E-state index < -0.39 is 12.3 Å². The van der Waals surface area contributed by atoms with Gasteiger partial charge in [0.2, 0.25) is 6.35 Å². The topological polar surface area (TPSA) is 91.1 Å². The van der Waals surface area contributed by atoms with Crippen LogP contribution >= 0.6 is 11.6 Å². The molecule has 2 aromatic carbocycles. The van der Waals surface area contributed by atoms with Gasteiger partial charge in [0.15, 0.2) is 11.5 Å². The van der Waals surface area contributed by atoms with Crippen molar-refractivity contribution in [2.75, 3.05) is 25.1 Å². The molecular formula is C22H22ClFN4O4. The molecule has 0 radical (unpaired) electrons. The second-order valence-electron chi connectivity index (χ2n) is 7.34. The number of aliphatic hydroxyl groups is 2. The molecule has 1 aromatic heterocycles. The van der Waals surface area contributed by atoms with Crippen molar-refractivity contribution in [1.29, 1.82) is 0 Å². The van der Waals surface area contributed by atoms with E-state index in [1.165, 1.54) is 21.9 Å². The quantitative estimate of drug-likeness (QED) is 0.563. The third-order valence-corrected chi connectivity index (χ3v) is 5.50. The number of anilines is 1. The molecule has 0 bridgehead atoms. The van der Waals surface area contributed by atoms with E-state index in [0.29, 0.717) is 17.2 Å². The predicted molar refractivity (Wildman–Crippen MR) is 116 cm³/mol. The van der Waals surface area contributed by atoms with Crippen molar-refractivity contribution < 1.29 is 24.1 Å². The van der Waals surface area contributed by atoms with Crippen LogP contribution in [0, 0.1) is 5.82 Å². The number of hydrogen-bond donors (Lipinski definition) is 2. The fraction of sp³-hybridized carbons (Fsp3) is 0.273. The van der Waals surface area contributed by atoms with E-state index in [1.54, 1.807) is 48.0 Å². The van der Waals surface area contributed by atoms with Crippen LogP contribution in [0.4, 0.5) is 10.2 Å². The molecule has 1 aliphatic heterocycles. The number of imidazole rings is 1. The Morgan fingerprint density at radius 1 is 1.19 bits per heavy atom. The Morgan fingerprint density at radius 3 is 2.59 bits per heavy atom. The van der Waals surface area contributed by atoms with Gasteiger partial charge < -0.3 is 19.8 Å². The average molecular weight is 461 g/mol. The zero-order valence-corrected chi connectivity index (χ0v) is 18.0. The molecule has 8 nitrogen and oxygen atoms in total. The smallest absolute Gasteiger partial charge is 0.304 e. The summed E-state index contributed by atoms with van der Waals surface area (Å²) >= 11 is 6.24. The monoisotopic (exact) mass is 460 g/mol. The van der Waals surface area contributed by atoms with E-state index in [9.17, 15) is 19.4 Å². The fourth-order valence-electron chi connectivity index (χ4n) is 3.52. The Balaban J connectivity index is 1.81. The van der Waals surface area contributed by atoms with Crippen molar-refractivity contribution in [2.45, 2.75) is 19.3 Å². The van der Waals surface area contributed by atoms with Gasteiger partial charge in [0.1, 0.15) is 11.6 Å². The van der Waals surface area contributed by atoms with E-state index in [1.807, 2.05) is 0 Å². The lowest BCUT2D eigenvalue weighted by Crippen LogP contribution is -2.54. The van der Waals surface area contributed by atoms with Gasteiger partial charge in [-0.05, 0) is 36.2 Å². The highest BCUT2D eigenvalue weighted by Gasteiger charge is 2.40. The second kappa shape index (κ2) is 9.15. The first-order valence-corrected chi connectivity index (χ1v) is 10.4. The molecule has 0 fully saturated rings. The van der Waals surface area contributed by atoms with Crippen molar-refractivity contribution in [1.82, 2.24) is 14.5 Å². The summed E-state index contributed by atoms with van der Waals surface area (Å²) in [4.78, 5) is 20.5. The van der Waals surface area contributed by atoms with Crippen molar-refractivity contribution >= 4 is 23.3 Å². The van der Waals surface area contributed by atoms with Crippen molar-refractivity contribution in [3.05, 3.63) is 70.6 Å². The zero-order valence-electron chi connectivity index (χ0n) is 17.3. The molecule has 0 spiro atoms. The number of aromatic nitrogens is 2. The summed E-state index contributed by atoms with van der Waals surface area (Å²) in [6, 6.07) is 12.8. The zero-order chi connectivity index (χ0) is 22.8. The fourth-order valence-corrected chi connectivity index (χ4v) is 3.69. The minimum Gasteiger partial charge on any atom is -0.424 e. The third kappa shape index (κ3) is 4.14. The van der Waals surface area contributed by atoms with Gasteiger partial charge in [0, 0.05) is 20.2 Å². The number of para-hydroxylation sites is 1. The SMILES string of the molecule is CN1c2nc(Oc3ccccc3Cl)n(Cc3ccc(F)cc3)c2C(=O)N(CCCO)C1O. The van der Waals surface area contributed by atoms with Gasteiger partial charge in [0.05, 0.1) is 11.6 Å². The molecule has 10 heteroatoms. The van der Waals surface area contributed by atoms with Crippen molar-refractivity contribution in [2.24, 2.45) is 0 Å². The van der Waals surface area contributed by atoms with Gasteiger partial charge in [-0.1, -0.05) is 35.9 Å². The summed E-state index contributed by atoms with van der Waals surface area (Å²) < 4.78 is 20.9. The Bertz CT molecular complexity index is 1120. The number of hydrogen-bond acceptors (Lipinski definition) is 6. The van der Waals surface area contributed by atoms with Crippen LogP contribution in [0.2, 0.25) is 5.02 Å². The van der Waals surface area contributed by atoms with Crippen molar-refractivity contribution in [3.8, 4) is 11.8 Å². The number of carbonyl (C=O) groups excluding carboxylic acids is 1. The lowest BCUT2D eigenvalue weighted by atomic mass is 10.2. The van der Waals surface area contributed by atoms with E-state index in [4.69, 9.17) is 16.3 Å². The minimum absolute atomic E-state index is 0.101. The number of halogens is 2. The Hall–Kier alpha value is -3.14. The number of aliphatic hydroxyl groups excluding tert-OH is 2. The summed E-state index contributed by atoms with van der Waals surface area (Å²) in [6.07, 6.45) is -0.940. The predicted octanol–water partition coefficient (Wildman–Crippen LogP) is 3.07. The molecular weight excluding hydrogens is 439 g/mol. The molecule has 32 heavy (non-hydrogen) atoms. The van der Waals surface area contributed by atoms with Crippen LogP contribution in [0.25, 0.3) is 0 Å². The number of nitrogens with zero attached hydrogens (tertiary/aromatic N) is 4. The summed E-state index contributed by atoms with van der Waals surface area (Å²) in [6.45, 7) is 0.206. The molecule has 2 N–H and O–H groups in total. The van der Waals surface area contributed by atoms with E-state index in [-0.39, 0.29) is 43.0 Å². The lowest BCUT2D eigenvalue weighted by molar-refractivity contribution is 0.00112. The van der Waals surface area contributed by atoms with E-state index >= 15 is 0 Å². The van der Waals surface area contributed by atoms with Crippen LogP contribution in [-0.4, -0.2) is 57.1 Å². The molecule has 1 aliphatic rings. The summed E-state index contributed by atoms with van der Waals surface area (Å²) in [7, 11) is 1.61. The Kier molecular flexibility index (Phi) is 6.31. The van der Waals surface area contributed by atoms with Gasteiger partial charge in [-0.3, -0.25) is 14.3 Å². The summed E-state index contributed by atoms with van der Waals surface area (Å²) in [5.41, 5.74) is 0.932. The molecule has 3 aromatic rings. The highest BCUT2D eigenvalue weighted by atomic mass is 35.5. The molecule has 1 unspecified atom stereocenters. The maximum absolute atomic E-state index is 13.4. The number of carbonyl (C=O) groups is 1. The maximum atomic E-state index is 13.4. The number of fused-ring (bicyclic) bond motifs is 1. The number of ether oxygens (including phenoxy) is 1. The highest BCUT2D eigenvalue weighted by molar-refractivity contribution is 6.32. The molecule has 1 atom stereocenters. The maximum Gasteiger partial charge on any atom is 0.304 e. The van der Waals surface area contributed by atoms with Crippen LogP contribution in [0.5, 0.6) is 11.8 Å². The summed E-state index contributed by atoms with van der Waals surface area (Å²) in [5, 5.41) is 20.2. The van der Waals surface area contributed by atoms with Gasteiger partial charge in [-0.25, -0.2) is 4.39 Å². The minimum atomic E-state index is -1.25. The molecule has 2 heterocycles. The van der Waals surface area contributed by atoms with Crippen LogP contribution in [0.1, 0.15) is 22.5 Å². The first-order valence-electron chi connectivity index (χ1n) is 10.0. The van der Waals surface area contributed by atoms with Gasteiger partial charge in [0.25, 0.3) is 5.91 Å². The highest BCUT2D eigenvalue weighted by Crippen LogP contribution is 2.36. The number of rotatable bonds is 7. The number of benzene rings is 2. The summed E-state index contributed by atoms with van der Waals surface area (Å²) in [5.74, 6) is -0.234. The van der Waals surface area contributed by atoms with E-state index in [2.05, 4.69) is 4.98 Å². The molecule has 168 valence electrons. The Labute approximate surface area is 189 Å². The Morgan fingerprint density at radius 2 is 1.91 bits per heavy atom. The van der Waals surface area contributed by atoms with Gasteiger partial charge in [-0.2, -0.15) is 4.98 Å². The standard InChI is InChI=1S/C22H22ClFN4O4/c1-26-19-18(20(30)27(22(26)31)11-4-12-29)28(13-14-7-9-15(24)10-8-14)21(25-19)32-17-6-3-2-5-16(17)23/h2-3,5-10,22,29,31H,4,11-13H2,1H3. The number of amides is 1. The normalized spacial score (nSPS) is 15.8. The lowest BCUT2D eigenvalue weighted by Gasteiger charge is -2.38. The second-order valence-corrected chi connectivity index (χ2v) is 7.75. The molecule has 4 rings (SSSR count). The average Bonchev–Trinajstić information content (AvgIpc) is 3.13. The molecule has 1 amide bonds. The van der Waals surface area contributed by atoms with Gasteiger partial charge >= 0.3 is 6.01 Å². The van der Waals surface area contributed by atoms with Crippen LogP contribution in [0.15, 0.2) is 48.5 Å². The first kappa shape index (κ1) is 22.1.